The molecule has 0 amide bonds. The third kappa shape index (κ3) is 4.58. The molecule has 0 N–H and O–H groups in total. The minimum atomic E-state index is 0.554. The van der Waals surface area contributed by atoms with Gasteiger partial charge in [0.2, 0.25) is 0 Å². The molecule has 1 aromatic rings. The first kappa shape index (κ1) is 12.2. The Hall–Kier alpha value is 0.140. The second kappa shape index (κ2) is 7.43. The third-order valence-corrected chi connectivity index (χ3v) is 3.73. The van der Waals surface area contributed by atoms with Crippen LogP contribution in [0.25, 0.3) is 0 Å². The normalized spacial score (nSPS) is 10.8. The molecule has 1 aromatic carbocycles. The van der Waals surface area contributed by atoms with Crippen molar-refractivity contribution in [3.8, 4) is 0 Å². The molecular weight excluding hydrogens is 308 g/mol. The second-order valence-electron chi connectivity index (χ2n) is 3.18. The van der Waals surface area contributed by atoms with Crippen molar-refractivity contribution >= 4 is 31.9 Å². The zero-order valence-electron chi connectivity index (χ0n) is 7.96. The summed E-state index contributed by atoms with van der Waals surface area (Å²) in [7, 11) is 0. The number of rotatable bonds is 6. The summed E-state index contributed by atoms with van der Waals surface area (Å²) in [6.45, 7) is 1.50. The minimum absolute atomic E-state index is 0.554. The van der Waals surface area contributed by atoms with Gasteiger partial charge in [-0.3, -0.25) is 0 Å². The van der Waals surface area contributed by atoms with E-state index in [4.69, 9.17) is 4.74 Å². The van der Waals surface area contributed by atoms with E-state index in [0.717, 1.165) is 17.3 Å². The topological polar surface area (TPSA) is 9.23 Å². The molecule has 0 unspecified atom stereocenters. The fourth-order valence-electron chi connectivity index (χ4n) is 1.05. The number of hydrogen-bond acceptors (Lipinski definition) is 1. The Morgan fingerprint density at radius 1 is 1.07 bits per heavy atom. The Bertz CT molecular complexity index is 234. The van der Waals surface area contributed by atoms with E-state index in [0.29, 0.717) is 12.5 Å². The number of ether oxygens (including phenoxy) is 1. The van der Waals surface area contributed by atoms with Crippen LogP contribution in [0.15, 0.2) is 30.3 Å². The van der Waals surface area contributed by atoms with Gasteiger partial charge >= 0.3 is 0 Å². The molecule has 0 atom stereocenters. The summed E-state index contributed by atoms with van der Waals surface area (Å²) in [5.74, 6) is 0.554. The summed E-state index contributed by atoms with van der Waals surface area (Å²) in [4.78, 5) is 0. The van der Waals surface area contributed by atoms with E-state index in [2.05, 4.69) is 44.0 Å². The van der Waals surface area contributed by atoms with E-state index in [-0.39, 0.29) is 0 Å². The molecule has 0 saturated heterocycles. The maximum atomic E-state index is 5.60. The molecule has 0 fully saturated rings. The third-order valence-electron chi connectivity index (χ3n) is 1.90. The second-order valence-corrected chi connectivity index (χ2v) is 4.47. The quantitative estimate of drug-likeness (QED) is 0.727. The molecule has 0 spiro atoms. The van der Waals surface area contributed by atoms with Crippen molar-refractivity contribution in [2.45, 2.75) is 6.61 Å². The fraction of sp³-hybridized carbons (Fsp3) is 0.455. The number of hydrogen-bond donors (Lipinski definition) is 0. The van der Waals surface area contributed by atoms with Crippen LogP contribution in [0.5, 0.6) is 0 Å². The van der Waals surface area contributed by atoms with Crippen molar-refractivity contribution in [3.05, 3.63) is 35.9 Å². The zero-order valence-corrected chi connectivity index (χ0v) is 11.1. The smallest absolute Gasteiger partial charge is 0.0717 e. The number of benzene rings is 1. The molecule has 1 nitrogen and oxygen atoms in total. The summed E-state index contributed by atoms with van der Waals surface area (Å²) in [5.41, 5.74) is 1.23. The van der Waals surface area contributed by atoms with Crippen molar-refractivity contribution in [1.29, 1.82) is 0 Å². The van der Waals surface area contributed by atoms with Gasteiger partial charge in [0.1, 0.15) is 0 Å². The van der Waals surface area contributed by atoms with Gasteiger partial charge in [-0.05, 0) is 5.56 Å². The van der Waals surface area contributed by atoms with Crippen LogP contribution >= 0.6 is 31.9 Å². The van der Waals surface area contributed by atoms with Crippen LogP contribution in [0.3, 0.4) is 0 Å². The standard InChI is InChI=1S/C11H14Br2O/c12-6-11(7-13)9-14-8-10-4-2-1-3-5-10/h1-5,11H,6-9H2. The van der Waals surface area contributed by atoms with Gasteiger partial charge in [-0.1, -0.05) is 62.2 Å². The lowest BCUT2D eigenvalue weighted by Crippen LogP contribution is -2.12. The molecule has 0 aromatic heterocycles. The molecule has 78 valence electrons. The van der Waals surface area contributed by atoms with Crippen molar-refractivity contribution < 1.29 is 4.74 Å². The Morgan fingerprint density at radius 2 is 1.71 bits per heavy atom. The summed E-state index contributed by atoms with van der Waals surface area (Å²) < 4.78 is 5.60. The van der Waals surface area contributed by atoms with Crippen LogP contribution in [0.1, 0.15) is 5.56 Å². The predicted molar refractivity (Wildman–Crippen MR) is 67.2 cm³/mol. The van der Waals surface area contributed by atoms with Crippen molar-refractivity contribution in [3.63, 3.8) is 0 Å². The molecular formula is C11H14Br2O. The van der Waals surface area contributed by atoms with E-state index < -0.39 is 0 Å². The van der Waals surface area contributed by atoms with E-state index in [1.807, 2.05) is 18.2 Å². The van der Waals surface area contributed by atoms with Gasteiger partial charge in [0.15, 0.2) is 0 Å². The molecule has 3 heteroatoms. The molecule has 0 aliphatic carbocycles. The highest BCUT2D eigenvalue weighted by Crippen LogP contribution is 2.08. The van der Waals surface area contributed by atoms with Crippen LogP contribution in [0.4, 0.5) is 0 Å². The van der Waals surface area contributed by atoms with E-state index in [1.54, 1.807) is 0 Å². The first-order valence-electron chi connectivity index (χ1n) is 4.60. The van der Waals surface area contributed by atoms with Gasteiger partial charge in [0, 0.05) is 16.6 Å². The maximum absolute atomic E-state index is 5.60. The highest BCUT2D eigenvalue weighted by Gasteiger charge is 2.04. The number of alkyl halides is 2. The molecule has 0 aliphatic heterocycles. The summed E-state index contributed by atoms with van der Waals surface area (Å²) >= 11 is 6.90. The van der Waals surface area contributed by atoms with Crippen LogP contribution in [-0.2, 0) is 11.3 Å². The van der Waals surface area contributed by atoms with Gasteiger partial charge in [0.25, 0.3) is 0 Å². The maximum Gasteiger partial charge on any atom is 0.0717 e. The van der Waals surface area contributed by atoms with Gasteiger partial charge in [-0.15, -0.1) is 0 Å². The molecule has 14 heavy (non-hydrogen) atoms. The van der Waals surface area contributed by atoms with Gasteiger partial charge in [0.05, 0.1) is 13.2 Å². The van der Waals surface area contributed by atoms with Crippen LogP contribution in [0, 0.1) is 5.92 Å². The minimum Gasteiger partial charge on any atom is -0.376 e. The molecule has 0 saturated carbocycles. The molecule has 0 radical (unpaired) electrons. The van der Waals surface area contributed by atoms with Gasteiger partial charge < -0.3 is 4.74 Å². The average Bonchev–Trinajstić information content (AvgIpc) is 2.26. The van der Waals surface area contributed by atoms with Crippen molar-refractivity contribution in [2.24, 2.45) is 5.92 Å². The SMILES string of the molecule is BrCC(CBr)COCc1ccccc1. The lowest BCUT2D eigenvalue weighted by molar-refractivity contribution is 0.1000. The monoisotopic (exact) mass is 320 g/mol. The zero-order chi connectivity index (χ0) is 10.2. The fourth-order valence-corrected chi connectivity index (χ4v) is 2.49. The summed E-state index contributed by atoms with van der Waals surface area (Å²) in [6, 6.07) is 10.2. The Morgan fingerprint density at radius 3 is 2.29 bits per heavy atom. The van der Waals surface area contributed by atoms with Crippen LogP contribution in [-0.4, -0.2) is 17.3 Å². The Labute approximate surface area is 102 Å². The summed E-state index contributed by atoms with van der Waals surface area (Å²) in [6.07, 6.45) is 0. The first-order chi connectivity index (χ1) is 6.86. The lowest BCUT2D eigenvalue weighted by Gasteiger charge is -2.10. The van der Waals surface area contributed by atoms with Crippen molar-refractivity contribution in [2.75, 3.05) is 17.3 Å². The van der Waals surface area contributed by atoms with Crippen LogP contribution in [0.2, 0.25) is 0 Å². The highest BCUT2D eigenvalue weighted by atomic mass is 79.9. The van der Waals surface area contributed by atoms with E-state index in [9.17, 15) is 0 Å². The van der Waals surface area contributed by atoms with E-state index >= 15 is 0 Å². The number of halogens is 2. The Kier molecular flexibility index (Phi) is 6.48. The molecule has 1 rings (SSSR count). The lowest BCUT2D eigenvalue weighted by atomic mass is 10.2. The van der Waals surface area contributed by atoms with E-state index in [1.165, 1.54) is 5.56 Å². The molecule has 0 heterocycles. The Balaban J connectivity index is 2.21. The van der Waals surface area contributed by atoms with Gasteiger partial charge in [-0.25, -0.2) is 0 Å². The predicted octanol–water partition coefficient (Wildman–Crippen LogP) is 3.61. The highest BCUT2D eigenvalue weighted by molar-refractivity contribution is 9.09. The molecule has 0 aliphatic rings. The first-order valence-corrected chi connectivity index (χ1v) is 6.84. The largest absolute Gasteiger partial charge is 0.376 e. The van der Waals surface area contributed by atoms with Crippen molar-refractivity contribution in [1.82, 2.24) is 0 Å². The summed E-state index contributed by atoms with van der Waals surface area (Å²) in [5, 5.41) is 1.96. The van der Waals surface area contributed by atoms with Gasteiger partial charge in [-0.2, -0.15) is 0 Å². The molecule has 0 bridgehead atoms. The van der Waals surface area contributed by atoms with Crippen LogP contribution < -0.4 is 0 Å². The average molecular weight is 322 g/mol.